The number of aryl methyl sites for hydroxylation is 4. The zero-order valence-corrected chi connectivity index (χ0v) is 35.3. The number of rotatable bonds is 13. The summed E-state index contributed by atoms with van der Waals surface area (Å²) in [7, 11) is 0. The summed E-state index contributed by atoms with van der Waals surface area (Å²) in [5.74, 6) is 0. The number of unbranched alkanes of at least 4 members (excludes halogenated alkanes) is 1. The first-order chi connectivity index (χ1) is 28.9. The van der Waals surface area contributed by atoms with E-state index in [1.54, 1.807) is 0 Å². The molecule has 0 bridgehead atoms. The first kappa shape index (κ1) is 39.4. The average molecular weight is 766 g/mol. The van der Waals surface area contributed by atoms with Crippen molar-refractivity contribution in [3.63, 3.8) is 0 Å². The number of nitrogens with zero attached hydrogens (tertiary/aromatic N) is 1. The summed E-state index contributed by atoms with van der Waals surface area (Å²) in [4.78, 5) is 2.54. The maximum Gasteiger partial charge on any atom is 0.0543 e. The Morgan fingerprint density at radius 1 is 0.373 bits per heavy atom. The van der Waals surface area contributed by atoms with Gasteiger partial charge in [-0.15, -0.1) is 0 Å². The normalized spacial score (nSPS) is 11.1. The lowest BCUT2D eigenvalue weighted by molar-refractivity contribution is 0.796. The number of hydrogen-bond donors (Lipinski definition) is 0. The van der Waals surface area contributed by atoms with Crippen LogP contribution in [0.25, 0.3) is 55.6 Å². The molecule has 0 spiro atoms. The molecule has 0 amide bonds. The van der Waals surface area contributed by atoms with Gasteiger partial charge in [-0.25, -0.2) is 0 Å². The van der Waals surface area contributed by atoms with Gasteiger partial charge in [-0.2, -0.15) is 0 Å². The second-order valence-electron chi connectivity index (χ2n) is 16.0. The van der Waals surface area contributed by atoms with Crippen LogP contribution in [0.15, 0.2) is 182 Å². The molecular weight excluding hydrogens is 711 g/mol. The molecule has 0 aliphatic heterocycles. The molecule has 0 unspecified atom stereocenters. The summed E-state index contributed by atoms with van der Waals surface area (Å²) < 4.78 is 0. The minimum absolute atomic E-state index is 1.03. The summed E-state index contributed by atoms with van der Waals surface area (Å²) >= 11 is 0. The number of anilines is 3. The van der Waals surface area contributed by atoms with Gasteiger partial charge in [0.1, 0.15) is 0 Å². The molecule has 0 atom stereocenters. The van der Waals surface area contributed by atoms with Crippen LogP contribution < -0.4 is 4.90 Å². The molecule has 8 aromatic rings. The molecule has 1 nitrogen and oxygen atoms in total. The molecule has 8 rings (SSSR count). The molecule has 59 heavy (non-hydrogen) atoms. The van der Waals surface area contributed by atoms with Crippen molar-refractivity contribution in [1.82, 2.24) is 0 Å². The van der Waals surface area contributed by atoms with E-state index in [0.29, 0.717) is 0 Å². The van der Waals surface area contributed by atoms with E-state index in [0.717, 1.165) is 43.5 Å². The fraction of sp³-hybridized carbons (Fsp3) is 0.172. The molecule has 0 aliphatic rings. The Hall–Kier alpha value is -6.44. The van der Waals surface area contributed by atoms with E-state index in [2.05, 4.69) is 222 Å². The van der Waals surface area contributed by atoms with Gasteiger partial charge in [0.2, 0.25) is 0 Å². The van der Waals surface area contributed by atoms with Crippen LogP contribution in [0.1, 0.15) is 60.9 Å². The van der Waals surface area contributed by atoms with Gasteiger partial charge in [-0.05, 0) is 154 Å². The average Bonchev–Trinajstić information content (AvgIpc) is 3.27. The molecule has 0 heterocycles. The highest BCUT2D eigenvalue weighted by molar-refractivity contribution is 5.96. The minimum Gasteiger partial charge on any atom is -0.310 e. The quantitative estimate of drug-likeness (QED) is 0.113. The van der Waals surface area contributed by atoms with E-state index >= 15 is 0 Å². The maximum absolute atomic E-state index is 2.54. The van der Waals surface area contributed by atoms with E-state index in [9.17, 15) is 0 Å². The third-order valence-electron chi connectivity index (χ3n) is 11.9. The van der Waals surface area contributed by atoms with Gasteiger partial charge in [0.15, 0.2) is 0 Å². The molecule has 292 valence electrons. The molecule has 0 aliphatic carbocycles. The van der Waals surface area contributed by atoms with E-state index in [1.165, 1.54) is 89.1 Å². The van der Waals surface area contributed by atoms with Crippen LogP contribution in [-0.4, -0.2) is 0 Å². The summed E-state index contributed by atoms with van der Waals surface area (Å²) in [5.41, 5.74) is 22.6. The fourth-order valence-electron chi connectivity index (χ4n) is 8.86. The highest BCUT2D eigenvalue weighted by Crippen LogP contribution is 2.48. The van der Waals surface area contributed by atoms with E-state index in [1.807, 2.05) is 0 Å². The largest absolute Gasteiger partial charge is 0.310 e. The summed E-state index contributed by atoms with van der Waals surface area (Å²) in [6, 6.07) is 67.5. The van der Waals surface area contributed by atoms with E-state index < -0.39 is 0 Å². The van der Waals surface area contributed by atoms with Gasteiger partial charge >= 0.3 is 0 Å². The second-order valence-corrected chi connectivity index (χ2v) is 16.0. The SMILES string of the molecule is CCCCc1ccccc1-c1c(N(c2cc(-c3ccccc3)cc(-c3ccccc3)c2)c2ccc(-c3ccccc3CCC)c(C)c2)ccc(-c2ccccc2C)c1C. The van der Waals surface area contributed by atoms with Crippen LogP contribution in [0.5, 0.6) is 0 Å². The van der Waals surface area contributed by atoms with E-state index in [-0.39, 0.29) is 0 Å². The van der Waals surface area contributed by atoms with E-state index in [4.69, 9.17) is 0 Å². The molecule has 8 aromatic carbocycles. The molecule has 0 radical (unpaired) electrons. The van der Waals surface area contributed by atoms with Crippen molar-refractivity contribution in [3.05, 3.63) is 210 Å². The van der Waals surface area contributed by atoms with Crippen LogP contribution >= 0.6 is 0 Å². The van der Waals surface area contributed by atoms with Crippen LogP contribution in [0.3, 0.4) is 0 Å². The van der Waals surface area contributed by atoms with Crippen LogP contribution in [-0.2, 0) is 12.8 Å². The van der Waals surface area contributed by atoms with Crippen LogP contribution in [0.2, 0.25) is 0 Å². The second kappa shape index (κ2) is 18.0. The van der Waals surface area contributed by atoms with Crippen molar-refractivity contribution in [1.29, 1.82) is 0 Å². The lowest BCUT2D eigenvalue weighted by Crippen LogP contribution is -2.13. The zero-order chi connectivity index (χ0) is 40.7. The topological polar surface area (TPSA) is 3.24 Å². The van der Waals surface area contributed by atoms with Gasteiger partial charge < -0.3 is 4.90 Å². The van der Waals surface area contributed by atoms with Gasteiger partial charge in [0, 0.05) is 16.9 Å². The Balaban J connectivity index is 1.44. The third kappa shape index (κ3) is 8.30. The number of hydrogen-bond acceptors (Lipinski definition) is 1. The van der Waals surface area contributed by atoms with Crippen LogP contribution in [0.4, 0.5) is 17.1 Å². The van der Waals surface area contributed by atoms with Gasteiger partial charge in [-0.1, -0.05) is 172 Å². The fourth-order valence-corrected chi connectivity index (χ4v) is 8.86. The van der Waals surface area contributed by atoms with Crippen molar-refractivity contribution in [2.45, 2.75) is 66.7 Å². The molecule has 0 saturated heterocycles. The maximum atomic E-state index is 2.54. The standard InChI is InChI=1S/C58H55N/c1-6-8-23-47-29-17-20-32-56(47)58-43(5)54(52-30-18-15-22-41(52)3)35-36-57(58)59(50-33-34-53(42(4)37-50)55-31-19-16-28-46(55)21-7-2)51-39-48(44-24-11-9-12-25-44)38-49(40-51)45-26-13-10-14-27-45/h9-20,22,24-40H,6-8,21,23H2,1-5H3. The van der Waals surface area contributed by atoms with Crippen molar-refractivity contribution in [3.8, 4) is 55.6 Å². The lowest BCUT2D eigenvalue weighted by atomic mass is 9.86. The molecule has 0 N–H and O–H groups in total. The Labute approximate surface area is 352 Å². The lowest BCUT2D eigenvalue weighted by Gasteiger charge is -2.31. The molecule has 0 aromatic heterocycles. The molecule has 0 fully saturated rings. The number of benzene rings is 8. The van der Waals surface area contributed by atoms with Gasteiger partial charge in [0.05, 0.1) is 5.69 Å². The van der Waals surface area contributed by atoms with Crippen molar-refractivity contribution < 1.29 is 0 Å². The smallest absolute Gasteiger partial charge is 0.0543 e. The third-order valence-corrected chi connectivity index (χ3v) is 11.9. The van der Waals surface area contributed by atoms with Crippen molar-refractivity contribution in [2.24, 2.45) is 0 Å². The highest BCUT2D eigenvalue weighted by Gasteiger charge is 2.24. The summed E-state index contributed by atoms with van der Waals surface area (Å²) in [5, 5.41) is 0. The Morgan fingerprint density at radius 2 is 0.915 bits per heavy atom. The first-order valence-electron chi connectivity index (χ1n) is 21.5. The predicted octanol–water partition coefficient (Wildman–Crippen LogP) is 16.7. The predicted molar refractivity (Wildman–Crippen MR) is 255 cm³/mol. The molecular formula is C58H55N. The summed E-state index contributed by atoms with van der Waals surface area (Å²) in [6.07, 6.45) is 5.51. The Morgan fingerprint density at radius 3 is 1.53 bits per heavy atom. The Bertz CT molecular complexity index is 2630. The van der Waals surface area contributed by atoms with Crippen molar-refractivity contribution in [2.75, 3.05) is 4.90 Å². The van der Waals surface area contributed by atoms with Gasteiger partial charge in [0.25, 0.3) is 0 Å². The zero-order valence-electron chi connectivity index (χ0n) is 35.3. The van der Waals surface area contributed by atoms with Gasteiger partial charge in [-0.3, -0.25) is 0 Å². The first-order valence-corrected chi connectivity index (χ1v) is 21.5. The Kier molecular flexibility index (Phi) is 12.0. The van der Waals surface area contributed by atoms with Crippen molar-refractivity contribution >= 4 is 17.1 Å². The van der Waals surface area contributed by atoms with Crippen LogP contribution in [0, 0.1) is 20.8 Å². The minimum atomic E-state index is 1.03. The molecule has 1 heteroatoms. The highest BCUT2D eigenvalue weighted by atomic mass is 15.1. The monoisotopic (exact) mass is 765 g/mol. The summed E-state index contributed by atoms with van der Waals surface area (Å²) in [6.45, 7) is 11.4. The molecule has 0 saturated carbocycles.